The van der Waals surface area contributed by atoms with Gasteiger partial charge in [0.2, 0.25) is 0 Å². The van der Waals surface area contributed by atoms with Crippen LogP contribution in [0.5, 0.6) is 0 Å². The molecule has 78 heavy (non-hydrogen) atoms. The highest BCUT2D eigenvalue weighted by molar-refractivity contribution is 6.12. The van der Waals surface area contributed by atoms with E-state index >= 15 is 0 Å². The molecule has 0 atom stereocenters. The maximum atomic E-state index is 13.5. The first-order chi connectivity index (χ1) is 38.2. The average Bonchev–Trinajstić information content (AvgIpc) is 4.39. The monoisotopic (exact) mass is 1050 g/mol. The highest BCUT2D eigenvalue weighted by atomic mass is 16.5. The molecule has 2 aliphatic heterocycles. The van der Waals surface area contributed by atoms with Crippen LogP contribution in [0.25, 0.3) is 66.1 Å². The van der Waals surface area contributed by atoms with E-state index in [9.17, 15) is 19.5 Å². The van der Waals surface area contributed by atoms with E-state index in [2.05, 4.69) is 129 Å². The molecule has 2 saturated carbocycles. The Bertz CT molecular complexity index is 3610. The lowest BCUT2D eigenvalue weighted by atomic mass is 9.81. The van der Waals surface area contributed by atoms with E-state index in [0.717, 1.165) is 111 Å². The molecule has 11 heteroatoms. The first-order valence-corrected chi connectivity index (χ1v) is 29.5. The van der Waals surface area contributed by atoms with Crippen LogP contribution in [-0.2, 0) is 30.9 Å². The van der Waals surface area contributed by atoms with Crippen molar-refractivity contribution in [3.05, 3.63) is 119 Å². The van der Waals surface area contributed by atoms with Gasteiger partial charge in [-0.15, -0.1) is 0 Å². The van der Waals surface area contributed by atoms with Gasteiger partial charge in [-0.25, -0.2) is 9.59 Å². The summed E-state index contributed by atoms with van der Waals surface area (Å²) in [5.41, 5.74) is 15.4. The number of carbonyl (C=O) groups excluding carboxylic acids is 2. The summed E-state index contributed by atoms with van der Waals surface area (Å²) in [7, 11) is 1.46. The molecule has 4 aliphatic rings. The van der Waals surface area contributed by atoms with Gasteiger partial charge in [-0.3, -0.25) is 9.69 Å². The van der Waals surface area contributed by atoms with Gasteiger partial charge >= 0.3 is 11.9 Å². The van der Waals surface area contributed by atoms with E-state index in [1.165, 1.54) is 127 Å². The van der Waals surface area contributed by atoms with Gasteiger partial charge in [0, 0.05) is 101 Å². The van der Waals surface area contributed by atoms with Gasteiger partial charge in [0.15, 0.2) is 5.78 Å². The minimum absolute atomic E-state index is 0.209. The van der Waals surface area contributed by atoms with Crippen molar-refractivity contribution in [2.75, 3.05) is 46.4 Å². The fourth-order valence-electron chi connectivity index (χ4n) is 14.0. The number of aromatic nitrogens is 4. The number of hydrogen-bond donors (Lipinski definition) is 1. The molecule has 406 valence electrons. The Hall–Kier alpha value is -6.87. The van der Waals surface area contributed by atoms with Crippen molar-refractivity contribution in [2.24, 2.45) is 0 Å². The van der Waals surface area contributed by atoms with Gasteiger partial charge in [-0.1, -0.05) is 127 Å². The fraction of sp³-hybridized carbons (Fsp3) is 0.448. The van der Waals surface area contributed by atoms with Gasteiger partial charge in [0.25, 0.3) is 0 Å². The molecule has 0 radical (unpaired) electrons. The van der Waals surface area contributed by atoms with Crippen molar-refractivity contribution in [3.63, 3.8) is 0 Å². The predicted octanol–water partition coefficient (Wildman–Crippen LogP) is 14.5. The van der Waals surface area contributed by atoms with Crippen LogP contribution in [0.3, 0.4) is 0 Å². The summed E-state index contributed by atoms with van der Waals surface area (Å²) in [6.07, 6.45) is 19.3. The number of hydrogen-bond acceptors (Lipinski definition) is 6. The van der Waals surface area contributed by atoms with E-state index in [4.69, 9.17) is 4.74 Å². The quantitative estimate of drug-likeness (QED) is 0.0696. The molecule has 11 nitrogen and oxygen atoms in total. The Labute approximate surface area is 460 Å². The number of aromatic carboxylic acids is 1. The third-order valence-corrected chi connectivity index (χ3v) is 18.0. The molecule has 12 rings (SSSR count). The van der Waals surface area contributed by atoms with Crippen molar-refractivity contribution in [1.29, 1.82) is 0 Å². The van der Waals surface area contributed by atoms with Crippen molar-refractivity contribution in [2.45, 2.75) is 149 Å². The zero-order valence-electron chi connectivity index (χ0n) is 46.8. The Balaban J connectivity index is 0.000000165. The highest BCUT2D eigenvalue weighted by Gasteiger charge is 2.32. The summed E-state index contributed by atoms with van der Waals surface area (Å²) < 4.78 is 14.7. The molecule has 2 fully saturated rings. The van der Waals surface area contributed by atoms with Gasteiger partial charge in [-0.05, 0) is 112 Å². The maximum absolute atomic E-state index is 13.5. The smallest absolute Gasteiger partial charge is 0.337 e. The summed E-state index contributed by atoms with van der Waals surface area (Å²) in [5, 5.41) is 14.5. The largest absolute Gasteiger partial charge is 0.478 e. The molecule has 0 spiro atoms. The summed E-state index contributed by atoms with van der Waals surface area (Å²) in [6, 6.07) is 25.0. The minimum Gasteiger partial charge on any atom is -0.478 e. The van der Waals surface area contributed by atoms with E-state index < -0.39 is 5.97 Å². The van der Waals surface area contributed by atoms with Crippen LogP contribution >= 0.6 is 0 Å². The Kier molecular flexibility index (Phi) is 15.8. The second-order valence-electron chi connectivity index (χ2n) is 22.3. The lowest BCUT2D eigenvalue weighted by molar-refractivity contribution is 0.0599. The van der Waals surface area contributed by atoms with Crippen LogP contribution in [0.2, 0.25) is 0 Å². The van der Waals surface area contributed by atoms with Crippen LogP contribution in [0.1, 0.15) is 171 Å². The number of para-hydroxylation sites is 2. The first-order valence-electron chi connectivity index (χ1n) is 29.5. The molecule has 2 aliphatic carbocycles. The molecule has 0 unspecified atom stereocenters. The number of ether oxygens (including phenoxy) is 1. The van der Waals surface area contributed by atoms with Gasteiger partial charge in [0.05, 0.1) is 52.8 Å². The number of Topliss-reactive ketones (excluding diaryl/α,β-unsaturated/α-hetero) is 1. The van der Waals surface area contributed by atoms with Gasteiger partial charge in [-0.2, -0.15) is 0 Å². The first kappa shape index (κ1) is 53.1. The topological polar surface area (TPSA) is 107 Å². The fourth-order valence-corrected chi connectivity index (χ4v) is 14.0. The van der Waals surface area contributed by atoms with Crippen molar-refractivity contribution in [3.8, 4) is 34.4 Å². The number of esters is 1. The molecule has 6 heterocycles. The Morgan fingerprint density at radius 3 is 1.68 bits per heavy atom. The molecule has 0 amide bonds. The molecular formula is C67H78N6O5. The number of carbonyl (C=O) groups is 3. The van der Waals surface area contributed by atoms with Crippen LogP contribution in [0, 0.1) is 11.8 Å². The summed E-state index contributed by atoms with van der Waals surface area (Å²) >= 11 is 0. The number of methoxy groups -OCH3 is 1. The number of nitrogens with zero attached hydrogens (tertiary/aromatic N) is 6. The van der Waals surface area contributed by atoms with E-state index in [1.807, 2.05) is 18.2 Å². The lowest BCUT2D eigenvalue weighted by Gasteiger charge is -2.25. The lowest BCUT2D eigenvalue weighted by Crippen LogP contribution is -2.25. The van der Waals surface area contributed by atoms with Crippen molar-refractivity contribution >= 4 is 61.3 Å². The number of carboxylic acids is 1. The Morgan fingerprint density at radius 2 is 1.13 bits per heavy atom. The summed E-state index contributed by atoms with van der Waals surface area (Å²) in [6.45, 7) is 17.7. The average molecular weight is 1050 g/mol. The molecule has 8 aromatic rings. The molecule has 4 aromatic heterocycles. The molecule has 0 bridgehead atoms. The number of ketones is 1. The van der Waals surface area contributed by atoms with Crippen LogP contribution in [0.15, 0.2) is 85.2 Å². The number of aryl methyl sites for hydroxylation is 4. The minimum atomic E-state index is -0.888. The van der Waals surface area contributed by atoms with Crippen LogP contribution in [-0.4, -0.2) is 97.3 Å². The maximum Gasteiger partial charge on any atom is 0.337 e. The molecule has 1 N–H and O–H groups in total. The number of carboxylic acid groups (broad SMARTS) is 1. The second-order valence-corrected chi connectivity index (χ2v) is 22.3. The van der Waals surface area contributed by atoms with Crippen molar-refractivity contribution < 1.29 is 24.2 Å². The zero-order chi connectivity index (χ0) is 54.0. The van der Waals surface area contributed by atoms with Crippen LogP contribution < -0.4 is 0 Å². The second kappa shape index (κ2) is 23.2. The van der Waals surface area contributed by atoms with E-state index in [1.54, 1.807) is 6.07 Å². The van der Waals surface area contributed by atoms with Crippen LogP contribution in [0.4, 0.5) is 0 Å². The highest BCUT2D eigenvalue weighted by Crippen LogP contribution is 2.49. The normalized spacial score (nSPS) is 15.8. The molecular weight excluding hydrogens is 969 g/mol. The van der Waals surface area contributed by atoms with E-state index in [-0.39, 0.29) is 11.8 Å². The number of fused-ring (bicyclic) bond motifs is 8. The van der Waals surface area contributed by atoms with E-state index in [0.29, 0.717) is 29.4 Å². The third-order valence-electron chi connectivity index (χ3n) is 18.0. The third kappa shape index (κ3) is 9.89. The summed E-state index contributed by atoms with van der Waals surface area (Å²) in [5.74, 6) is 7.01. The molecule has 0 saturated heterocycles. The number of rotatable bonds is 13. The SMILES string of the molecule is CCN(CC)CC#Cc1cn2c3c(cccc13)-c1c(C3CCCCC3)c3ccc(C(=O)OC)cc3n1CCC2.CCN(CC)CCC(=O)c1cn2c3c(cccc13)-c1c(C3CCCCC3)c3ccc(C(=O)O)cc3n1CCC2. The van der Waals surface area contributed by atoms with Gasteiger partial charge < -0.3 is 33.0 Å². The van der Waals surface area contributed by atoms with Crippen molar-refractivity contribution in [1.82, 2.24) is 28.1 Å². The predicted molar refractivity (Wildman–Crippen MR) is 316 cm³/mol. The summed E-state index contributed by atoms with van der Waals surface area (Å²) in [4.78, 5) is 42.6. The number of benzene rings is 4. The Morgan fingerprint density at radius 1 is 0.603 bits per heavy atom. The molecule has 4 aromatic carbocycles. The standard InChI is InChI=1S/C34H39N3O2.C33H39N3O3/c1-4-35(5-2)19-10-14-26-23-36-20-11-21-37-30-22-25(34(38)39-3)17-18-28(30)31(24-12-7-6-8-13-24)33(37)29-16-9-15-27(26)32(29)36;1-3-34(4-2)19-16-29(37)27-21-35-17-9-18-36-28-20-23(33(38)39)14-15-25(28)30(22-10-6-5-7-11-22)32(36)26-13-8-12-24(27)31(26)35/h9,15-18,22-24H,4-8,11-13,19-21H2,1-3H3;8,12-15,20-22H,3-7,9-11,16-19H2,1-2H3,(H,38,39). The zero-order valence-corrected chi connectivity index (χ0v) is 46.8. The van der Waals surface area contributed by atoms with Gasteiger partial charge in [0.1, 0.15) is 0 Å².